The normalized spacial score (nSPS) is 24.2. The second-order valence-corrected chi connectivity index (χ2v) is 6.69. The molecule has 0 spiro atoms. The van der Waals surface area contributed by atoms with Crippen LogP contribution in [0.2, 0.25) is 0 Å². The molecule has 4 rings (SSSR count). The molecule has 2 saturated heterocycles. The number of carbonyl (C=O) groups is 1. The maximum atomic E-state index is 12.6. The fraction of sp³-hybridized carbons (Fsp3) is 0.471. The first kappa shape index (κ1) is 15.9. The van der Waals surface area contributed by atoms with E-state index in [4.69, 9.17) is 10.5 Å². The molecule has 4 heterocycles. The number of hydrogen-bond donors (Lipinski definition) is 1. The van der Waals surface area contributed by atoms with Gasteiger partial charge in [0.25, 0.3) is 5.91 Å². The van der Waals surface area contributed by atoms with Crippen molar-refractivity contribution in [1.82, 2.24) is 14.5 Å². The van der Waals surface area contributed by atoms with Gasteiger partial charge < -0.3 is 20.3 Å². The number of carbonyl (C=O) groups excluding carboxylic acids is 1. The molecule has 2 aliphatic rings. The number of fused-ring (bicyclic) bond motifs is 1. The van der Waals surface area contributed by atoms with Gasteiger partial charge in [0.1, 0.15) is 11.8 Å². The Morgan fingerprint density at radius 1 is 1.32 bits per heavy atom. The predicted molar refractivity (Wildman–Crippen MR) is 91.0 cm³/mol. The van der Waals surface area contributed by atoms with Gasteiger partial charge in [-0.25, -0.2) is 4.52 Å². The van der Waals surface area contributed by atoms with Gasteiger partial charge in [0.05, 0.1) is 30.0 Å². The summed E-state index contributed by atoms with van der Waals surface area (Å²) in [7, 11) is 0. The average molecular weight is 340 g/mol. The zero-order chi connectivity index (χ0) is 17.6. The molecule has 2 aromatic rings. The molecule has 8 nitrogen and oxygen atoms in total. The molecular formula is C17H20N6O2. The van der Waals surface area contributed by atoms with Crippen molar-refractivity contribution in [2.75, 3.05) is 31.1 Å². The molecule has 2 aromatic heterocycles. The van der Waals surface area contributed by atoms with Gasteiger partial charge in [-0.1, -0.05) is 0 Å². The Bertz CT molecular complexity index is 850. The van der Waals surface area contributed by atoms with Crippen LogP contribution >= 0.6 is 0 Å². The molecule has 2 N–H and O–H groups in total. The van der Waals surface area contributed by atoms with E-state index in [1.165, 1.54) is 0 Å². The van der Waals surface area contributed by atoms with Crippen LogP contribution in [0.1, 0.15) is 12.6 Å². The van der Waals surface area contributed by atoms with Crippen LogP contribution in [-0.4, -0.2) is 64.8 Å². The number of likely N-dealkylation sites (tertiary alicyclic amines) is 1. The third kappa shape index (κ3) is 2.71. The Balaban J connectivity index is 1.61. The number of aromatic nitrogens is 2. The number of nitriles is 1. The number of pyridine rings is 1. The lowest BCUT2D eigenvalue weighted by molar-refractivity contribution is -0.152. The minimum atomic E-state index is -0.505. The minimum Gasteiger partial charge on any atom is -0.364 e. The van der Waals surface area contributed by atoms with Crippen LogP contribution in [0.15, 0.2) is 24.4 Å². The molecule has 0 bridgehead atoms. The van der Waals surface area contributed by atoms with Crippen molar-refractivity contribution in [3.05, 3.63) is 30.1 Å². The molecule has 25 heavy (non-hydrogen) atoms. The van der Waals surface area contributed by atoms with Crippen LogP contribution in [-0.2, 0) is 9.53 Å². The van der Waals surface area contributed by atoms with Gasteiger partial charge in [0.15, 0.2) is 6.10 Å². The van der Waals surface area contributed by atoms with Crippen molar-refractivity contribution < 1.29 is 9.53 Å². The molecular weight excluding hydrogens is 320 g/mol. The molecule has 0 saturated carbocycles. The van der Waals surface area contributed by atoms with Gasteiger partial charge in [0, 0.05) is 25.7 Å². The Morgan fingerprint density at radius 3 is 2.84 bits per heavy atom. The predicted octanol–water partition coefficient (Wildman–Crippen LogP) is -0.0308. The van der Waals surface area contributed by atoms with Crippen LogP contribution in [0, 0.1) is 11.3 Å². The van der Waals surface area contributed by atoms with Crippen LogP contribution < -0.4 is 10.6 Å². The van der Waals surface area contributed by atoms with Crippen molar-refractivity contribution in [3.63, 3.8) is 0 Å². The highest BCUT2D eigenvalue weighted by Gasteiger charge is 2.37. The molecule has 2 atom stereocenters. The van der Waals surface area contributed by atoms with E-state index < -0.39 is 6.10 Å². The Labute approximate surface area is 145 Å². The quantitative estimate of drug-likeness (QED) is 0.824. The van der Waals surface area contributed by atoms with E-state index in [0.717, 1.165) is 11.2 Å². The first-order chi connectivity index (χ1) is 12.1. The van der Waals surface area contributed by atoms with E-state index in [0.29, 0.717) is 31.9 Å². The van der Waals surface area contributed by atoms with Crippen LogP contribution in [0.5, 0.6) is 0 Å². The summed E-state index contributed by atoms with van der Waals surface area (Å²) in [6, 6.07) is 7.75. The van der Waals surface area contributed by atoms with Crippen molar-refractivity contribution >= 4 is 17.1 Å². The average Bonchev–Trinajstić information content (AvgIpc) is 3.06. The number of anilines is 1. The van der Waals surface area contributed by atoms with Crippen LogP contribution in [0.3, 0.4) is 0 Å². The lowest BCUT2D eigenvalue weighted by Crippen LogP contribution is -2.63. The van der Waals surface area contributed by atoms with Crippen LogP contribution in [0.4, 0.5) is 5.69 Å². The number of nitrogens with two attached hydrogens (primary N) is 1. The summed E-state index contributed by atoms with van der Waals surface area (Å²) in [4.78, 5) is 16.5. The van der Waals surface area contributed by atoms with E-state index in [1.807, 2.05) is 19.1 Å². The van der Waals surface area contributed by atoms with Gasteiger partial charge in [0.2, 0.25) is 0 Å². The molecule has 0 aliphatic carbocycles. The third-order valence-corrected chi connectivity index (χ3v) is 4.74. The molecule has 0 aromatic carbocycles. The zero-order valence-electron chi connectivity index (χ0n) is 14.0. The van der Waals surface area contributed by atoms with E-state index in [1.54, 1.807) is 21.7 Å². The van der Waals surface area contributed by atoms with Crippen LogP contribution in [0.25, 0.3) is 5.52 Å². The van der Waals surface area contributed by atoms with Gasteiger partial charge in [-0.3, -0.25) is 4.79 Å². The Kier molecular flexibility index (Phi) is 3.82. The summed E-state index contributed by atoms with van der Waals surface area (Å²) in [5, 5.41) is 13.4. The first-order valence-corrected chi connectivity index (χ1v) is 8.38. The summed E-state index contributed by atoms with van der Waals surface area (Å²) < 4.78 is 7.51. The lowest BCUT2D eigenvalue weighted by atomic mass is 10.1. The molecule has 1 amide bonds. The standard InChI is InChI=1S/C17H20N6O2/c1-11-7-21(10-16(25-11)17(24)22-8-12(19)9-22)14-3-2-13(6-18)23-15(14)4-5-20-23/h2-5,11-12,16H,7-10,19H2,1H3/t11-,16-/m1/s1. The molecule has 2 aliphatic heterocycles. The molecule has 2 fully saturated rings. The molecule has 130 valence electrons. The number of amides is 1. The van der Waals surface area contributed by atoms with Gasteiger partial charge in [-0.2, -0.15) is 10.4 Å². The van der Waals surface area contributed by atoms with Gasteiger partial charge in [-0.05, 0) is 25.1 Å². The first-order valence-electron chi connectivity index (χ1n) is 8.38. The smallest absolute Gasteiger partial charge is 0.253 e. The Hall–Kier alpha value is -2.63. The highest BCUT2D eigenvalue weighted by Crippen LogP contribution is 2.27. The monoisotopic (exact) mass is 340 g/mol. The number of nitrogens with zero attached hydrogens (tertiary/aromatic N) is 5. The van der Waals surface area contributed by atoms with Crippen molar-refractivity contribution in [1.29, 1.82) is 5.26 Å². The highest BCUT2D eigenvalue weighted by atomic mass is 16.5. The third-order valence-electron chi connectivity index (χ3n) is 4.74. The second-order valence-electron chi connectivity index (χ2n) is 6.69. The molecule has 0 radical (unpaired) electrons. The lowest BCUT2D eigenvalue weighted by Gasteiger charge is -2.43. The van der Waals surface area contributed by atoms with Gasteiger partial charge >= 0.3 is 0 Å². The zero-order valence-corrected chi connectivity index (χ0v) is 14.0. The summed E-state index contributed by atoms with van der Waals surface area (Å²) in [6.07, 6.45) is 1.10. The fourth-order valence-electron chi connectivity index (χ4n) is 3.54. The SMILES string of the molecule is C[C@@H]1CN(c2ccc(C#N)n3nccc23)C[C@H](C(=O)N2CC(N)C2)O1. The molecule has 8 heteroatoms. The maximum Gasteiger partial charge on any atom is 0.253 e. The largest absolute Gasteiger partial charge is 0.364 e. The number of rotatable bonds is 2. The van der Waals surface area contributed by atoms with E-state index >= 15 is 0 Å². The second kappa shape index (κ2) is 6.02. The topological polar surface area (TPSA) is 99.9 Å². The van der Waals surface area contributed by atoms with E-state index in [9.17, 15) is 10.1 Å². The van der Waals surface area contributed by atoms with E-state index in [-0.39, 0.29) is 18.1 Å². The fourth-order valence-corrected chi connectivity index (χ4v) is 3.54. The van der Waals surface area contributed by atoms with E-state index in [2.05, 4.69) is 16.1 Å². The van der Waals surface area contributed by atoms with Gasteiger partial charge in [-0.15, -0.1) is 0 Å². The molecule has 0 unspecified atom stereocenters. The summed E-state index contributed by atoms with van der Waals surface area (Å²) >= 11 is 0. The summed E-state index contributed by atoms with van der Waals surface area (Å²) in [5.74, 6) is -0.00331. The number of hydrogen-bond acceptors (Lipinski definition) is 6. The number of morpholine rings is 1. The summed E-state index contributed by atoms with van der Waals surface area (Å²) in [6.45, 7) is 4.30. The number of ether oxygens (including phenoxy) is 1. The maximum absolute atomic E-state index is 12.6. The highest BCUT2D eigenvalue weighted by molar-refractivity contribution is 5.83. The Morgan fingerprint density at radius 2 is 2.12 bits per heavy atom. The minimum absolute atomic E-state index is 0.00331. The summed E-state index contributed by atoms with van der Waals surface area (Å²) in [5.41, 5.74) is 8.06. The van der Waals surface area contributed by atoms with Crippen molar-refractivity contribution in [2.24, 2.45) is 5.73 Å². The van der Waals surface area contributed by atoms with Crippen molar-refractivity contribution in [3.8, 4) is 6.07 Å². The van der Waals surface area contributed by atoms with Crippen molar-refractivity contribution in [2.45, 2.75) is 25.2 Å².